The largest absolute Gasteiger partial charge is 0.462 e. The maximum Gasteiger partial charge on any atom is 0.343 e. The molecule has 0 aliphatic heterocycles. The fourth-order valence-corrected chi connectivity index (χ4v) is 2.98. The molecule has 2 aromatic rings. The number of thioether (sulfide) groups is 1. The second-order valence-corrected chi connectivity index (χ2v) is 7.35. The average molecular weight is 474 g/mol. The fraction of sp³-hybridized carbons (Fsp3) is 0.294. The summed E-state index contributed by atoms with van der Waals surface area (Å²) in [6, 6.07) is 1.41. The van der Waals surface area contributed by atoms with Crippen LogP contribution in [0.4, 0.5) is 11.6 Å². The standard InChI is InChI=1S/C17H17Cl2N5O5S/c1-3-28-16(27)10-6-22-17(23-13(10)20)30-7-12(25)29-8(2)15(26)24-14-11(19)4-9(18)5-21-14/h4-6,8H,3,7H2,1-2H3,(H2,20,22,23)(H,21,24,26)/t8-/m0/s1. The van der Waals surface area contributed by atoms with Crippen LogP contribution in [0.15, 0.2) is 23.6 Å². The van der Waals surface area contributed by atoms with Gasteiger partial charge in [-0.2, -0.15) is 0 Å². The molecule has 3 N–H and O–H groups in total. The van der Waals surface area contributed by atoms with Gasteiger partial charge in [-0.1, -0.05) is 35.0 Å². The molecule has 0 radical (unpaired) electrons. The third-order valence-electron chi connectivity index (χ3n) is 3.34. The molecule has 13 heteroatoms. The van der Waals surface area contributed by atoms with Gasteiger partial charge in [0.2, 0.25) is 0 Å². The van der Waals surface area contributed by atoms with E-state index in [0.717, 1.165) is 11.8 Å². The van der Waals surface area contributed by atoms with Crippen LogP contribution in [0.5, 0.6) is 0 Å². The SMILES string of the molecule is CCOC(=O)c1cnc(SCC(=O)O[C@@H](C)C(=O)Nc2ncc(Cl)cc2Cl)nc1N. The van der Waals surface area contributed by atoms with Crippen molar-refractivity contribution >= 4 is 64.4 Å². The summed E-state index contributed by atoms with van der Waals surface area (Å²) >= 11 is 12.6. The number of esters is 2. The van der Waals surface area contributed by atoms with E-state index in [2.05, 4.69) is 20.3 Å². The number of aromatic nitrogens is 3. The Hall–Kier alpha value is -2.63. The topological polar surface area (TPSA) is 146 Å². The number of carbonyl (C=O) groups excluding carboxylic acids is 3. The van der Waals surface area contributed by atoms with Crippen molar-refractivity contribution in [2.75, 3.05) is 23.4 Å². The zero-order valence-electron chi connectivity index (χ0n) is 15.8. The van der Waals surface area contributed by atoms with E-state index in [0.29, 0.717) is 5.02 Å². The second-order valence-electron chi connectivity index (χ2n) is 5.57. The number of anilines is 2. The molecule has 30 heavy (non-hydrogen) atoms. The molecular weight excluding hydrogens is 457 g/mol. The summed E-state index contributed by atoms with van der Waals surface area (Å²) in [5.41, 5.74) is 5.75. The third-order valence-corrected chi connectivity index (χ3v) is 4.67. The average Bonchev–Trinajstić information content (AvgIpc) is 2.68. The highest BCUT2D eigenvalue weighted by molar-refractivity contribution is 7.99. The lowest BCUT2D eigenvalue weighted by Gasteiger charge is -2.13. The quantitative estimate of drug-likeness (QED) is 0.332. The predicted octanol–water partition coefficient (Wildman–Crippen LogP) is 2.60. The highest BCUT2D eigenvalue weighted by Gasteiger charge is 2.20. The molecular formula is C17H17Cl2N5O5S. The Balaban J connectivity index is 1.87. The Morgan fingerprint density at radius 3 is 2.63 bits per heavy atom. The summed E-state index contributed by atoms with van der Waals surface area (Å²) in [6.07, 6.45) is 1.42. The van der Waals surface area contributed by atoms with E-state index < -0.39 is 23.9 Å². The monoisotopic (exact) mass is 473 g/mol. The van der Waals surface area contributed by atoms with Gasteiger partial charge in [0.05, 0.1) is 22.4 Å². The maximum absolute atomic E-state index is 12.1. The number of carbonyl (C=O) groups is 3. The van der Waals surface area contributed by atoms with Crippen molar-refractivity contribution < 1.29 is 23.9 Å². The van der Waals surface area contributed by atoms with E-state index in [-0.39, 0.29) is 39.7 Å². The predicted molar refractivity (Wildman–Crippen MR) is 112 cm³/mol. The van der Waals surface area contributed by atoms with Crippen LogP contribution < -0.4 is 11.1 Å². The highest BCUT2D eigenvalue weighted by Crippen LogP contribution is 2.23. The molecule has 0 bridgehead atoms. The Bertz CT molecular complexity index is 962. The summed E-state index contributed by atoms with van der Waals surface area (Å²) in [6.45, 7) is 3.24. The number of nitrogen functional groups attached to an aromatic ring is 1. The second kappa shape index (κ2) is 11.0. The van der Waals surface area contributed by atoms with Crippen molar-refractivity contribution in [3.05, 3.63) is 34.1 Å². The van der Waals surface area contributed by atoms with Crippen molar-refractivity contribution in [1.82, 2.24) is 15.0 Å². The van der Waals surface area contributed by atoms with Crippen LogP contribution in [0.25, 0.3) is 0 Å². The van der Waals surface area contributed by atoms with Crippen LogP contribution in [-0.2, 0) is 19.1 Å². The Labute approximate surface area is 185 Å². The molecule has 0 aliphatic carbocycles. The lowest BCUT2D eigenvalue weighted by Crippen LogP contribution is -2.31. The number of nitrogens with two attached hydrogens (primary N) is 1. The molecule has 0 unspecified atom stereocenters. The Morgan fingerprint density at radius 1 is 1.27 bits per heavy atom. The van der Waals surface area contributed by atoms with Crippen molar-refractivity contribution in [3.63, 3.8) is 0 Å². The van der Waals surface area contributed by atoms with Gasteiger partial charge in [-0.25, -0.2) is 19.7 Å². The van der Waals surface area contributed by atoms with Crippen molar-refractivity contribution in [2.45, 2.75) is 25.1 Å². The van der Waals surface area contributed by atoms with Gasteiger partial charge >= 0.3 is 11.9 Å². The molecule has 160 valence electrons. The maximum atomic E-state index is 12.1. The van der Waals surface area contributed by atoms with Crippen LogP contribution in [0.3, 0.4) is 0 Å². The zero-order chi connectivity index (χ0) is 22.3. The van der Waals surface area contributed by atoms with Crippen LogP contribution in [-0.4, -0.2) is 51.3 Å². The molecule has 1 atom stereocenters. The molecule has 0 fully saturated rings. The van der Waals surface area contributed by atoms with Gasteiger partial charge in [0.25, 0.3) is 5.91 Å². The third kappa shape index (κ3) is 6.71. The van der Waals surface area contributed by atoms with E-state index in [9.17, 15) is 14.4 Å². The van der Waals surface area contributed by atoms with Gasteiger partial charge < -0.3 is 20.5 Å². The minimum absolute atomic E-state index is 0.0311. The molecule has 2 rings (SSSR count). The van der Waals surface area contributed by atoms with Gasteiger partial charge in [0.15, 0.2) is 17.1 Å². The number of amides is 1. The number of nitrogens with zero attached hydrogens (tertiary/aromatic N) is 3. The molecule has 0 aliphatic rings. The van der Waals surface area contributed by atoms with Crippen LogP contribution in [0, 0.1) is 0 Å². The van der Waals surface area contributed by atoms with Gasteiger partial charge in [0, 0.05) is 12.4 Å². The number of ether oxygens (including phenoxy) is 2. The van der Waals surface area contributed by atoms with Crippen molar-refractivity contribution in [1.29, 1.82) is 0 Å². The number of halogens is 2. The van der Waals surface area contributed by atoms with E-state index in [4.69, 9.17) is 38.4 Å². The van der Waals surface area contributed by atoms with E-state index in [1.807, 2.05) is 0 Å². The lowest BCUT2D eigenvalue weighted by molar-refractivity contribution is -0.150. The van der Waals surface area contributed by atoms with Crippen molar-refractivity contribution in [3.8, 4) is 0 Å². The zero-order valence-corrected chi connectivity index (χ0v) is 18.2. The summed E-state index contributed by atoms with van der Waals surface area (Å²) in [5.74, 6) is -2.11. The summed E-state index contributed by atoms with van der Waals surface area (Å²) in [5, 5.41) is 3.06. The van der Waals surface area contributed by atoms with Crippen LogP contribution in [0.1, 0.15) is 24.2 Å². The number of hydrogen-bond donors (Lipinski definition) is 2. The number of hydrogen-bond acceptors (Lipinski definition) is 10. The smallest absolute Gasteiger partial charge is 0.343 e. The lowest BCUT2D eigenvalue weighted by atomic mass is 10.3. The summed E-state index contributed by atoms with van der Waals surface area (Å²) in [4.78, 5) is 47.6. The fourth-order valence-electron chi connectivity index (χ4n) is 1.95. The van der Waals surface area contributed by atoms with E-state index in [1.165, 1.54) is 25.4 Å². The molecule has 0 saturated heterocycles. The Morgan fingerprint density at radius 2 is 2.00 bits per heavy atom. The first-order chi connectivity index (χ1) is 14.2. The first-order valence-electron chi connectivity index (χ1n) is 8.45. The molecule has 0 spiro atoms. The van der Waals surface area contributed by atoms with Gasteiger partial charge in [0.1, 0.15) is 11.4 Å². The number of nitrogens with one attached hydrogen (secondary N) is 1. The van der Waals surface area contributed by atoms with E-state index in [1.54, 1.807) is 6.92 Å². The van der Waals surface area contributed by atoms with Crippen molar-refractivity contribution in [2.24, 2.45) is 0 Å². The minimum atomic E-state index is -1.11. The molecule has 10 nitrogen and oxygen atoms in total. The summed E-state index contributed by atoms with van der Waals surface area (Å²) < 4.78 is 9.90. The summed E-state index contributed by atoms with van der Waals surface area (Å²) in [7, 11) is 0. The molecule has 0 aromatic carbocycles. The van der Waals surface area contributed by atoms with Gasteiger partial charge in [-0.05, 0) is 19.9 Å². The Kier molecular flexibility index (Phi) is 8.63. The van der Waals surface area contributed by atoms with Crippen LogP contribution in [0.2, 0.25) is 10.0 Å². The normalized spacial score (nSPS) is 11.5. The number of pyridine rings is 1. The first kappa shape index (κ1) is 23.6. The molecule has 1 amide bonds. The molecule has 2 aromatic heterocycles. The van der Waals surface area contributed by atoms with Crippen LogP contribution >= 0.6 is 35.0 Å². The van der Waals surface area contributed by atoms with Gasteiger partial charge in [-0.3, -0.25) is 9.59 Å². The highest BCUT2D eigenvalue weighted by atomic mass is 35.5. The van der Waals surface area contributed by atoms with E-state index >= 15 is 0 Å². The molecule has 2 heterocycles. The first-order valence-corrected chi connectivity index (χ1v) is 10.2. The minimum Gasteiger partial charge on any atom is -0.462 e. The molecule has 0 saturated carbocycles. The van der Waals surface area contributed by atoms with Gasteiger partial charge in [-0.15, -0.1) is 0 Å². The number of rotatable bonds is 8.